The van der Waals surface area contributed by atoms with Crippen LogP contribution in [-0.4, -0.2) is 75.5 Å². The number of alkyl halides is 3. The maximum Gasteiger partial charge on any atom is 0.490 e. The zero-order chi connectivity index (χ0) is 23.9. The van der Waals surface area contributed by atoms with Crippen molar-refractivity contribution in [2.24, 2.45) is 0 Å². The van der Waals surface area contributed by atoms with Gasteiger partial charge in [-0.3, -0.25) is 4.79 Å². The van der Waals surface area contributed by atoms with Crippen LogP contribution in [0.2, 0.25) is 0 Å². The van der Waals surface area contributed by atoms with E-state index in [4.69, 9.17) is 28.8 Å². The number of hydrogen-bond donors (Lipinski definition) is 2. The Morgan fingerprint density at radius 3 is 2.32 bits per heavy atom. The molecular formula is C20H34F3NO7. The summed E-state index contributed by atoms with van der Waals surface area (Å²) in [6.07, 6.45) is 0.292. The molecule has 31 heavy (non-hydrogen) atoms. The summed E-state index contributed by atoms with van der Waals surface area (Å²) >= 11 is 0. The minimum Gasteiger partial charge on any atom is -0.475 e. The van der Waals surface area contributed by atoms with Crippen molar-refractivity contribution in [3.63, 3.8) is 0 Å². The molecule has 3 atom stereocenters. The molecule has 0 aromatic rings. The van der Waals surface area contributed by atoms with Gasteiger partial charge in [0.05, 0.1) is 18.8 Å². The van der Waals surface area contributed by atoms with Crippen LogP contribution in [0.15, 0.2) is 12.3 Å². The molecule has 11 heteroatoms. The standard InChI is InChI=1S/C18H33NO5.C2HF3O2/c1-5-6-9-16(21-3)17(22-4)11-14(2)19-12-18(20)24-15-8-7-10-23-13-15;3-2(4,5)1(6)7/h15-17,19H,2,5-13H2,1,3-4H3;(H,6,7)/t15-,16-,17+;/m1./s1. The normalized spacial score (nSPS) is 18.2. The second kappa shape index (κ2) is 15.9. The van der Waals surface area contributed by atoms with E-state index in [1.54, 1.807) is 14.2 Å². The predicted molar refractivity (Wildman–Crippen MR) is 107 cm³/mol. The zero-order valence-corrected chi connectivity index (χ0v) is 18.3. The maximum absolute atomic E-state index is 11.9. The van der Waals surface area contributed by atoms with E-state index in [2.05, 4.69) is 18.8 Å². The SMILES string of the molecule is C=C(C[C@H](OC)[C@@H](CCCC)OC)NCC(=O)O[C@@H]1CCCOC1.O=C(O)C(F)(F)F. The van der Waals surface area contributed by atoms with Crippen molar-refractivity contribution in [1.29, 1.82) is 0 Å². The molecule has 1 aliphatic heterocycles. The van der Waals surface area contributed by atoms with Gasteiger partial charge in [0.2, 0.25) is 0 Å². The fraction of sp³-hybridized carbons (Fsp3) is 0.800. The van der Waals surface area contributed by atoms with Crippen LogP contribution in [0.4, 0.5) is 13.2 Å². The molecule has 8 nitrogen and oxygen atoms in total. The maximum atomic E-state index is 11.9. The lowest BCUT2D eigenvalue weighted by molar-refractivity contribution is -0.192. The number of carbonyl (C=O) groups excluding carboxylic acids is 1. The van der Waals surface area contributed by atoms with Gasteiger partial charge in [-0.25, -0.2) is 4.79 Å². The molecule has 0 bridgehead atoms. The highest BCUT2D eigenvalue weighted by Crippen LogP contribution is 2.17. The second-order valence-corrected chi connectivity index (χ2v) is 6.98. The van der Waals surface area contributed by atoms with Crippen molar-refractivity contribution in [2.75, 3.05) is 34.0 Å². The molecule has 0 unspecified atom stereocenters. The highest BCUT2D eigenvalue weighted by atomic mass is 19.4. The van der Waals surface area contributed by atoms with Crippen LogP contribution in [0, 0.1) is 0 Å². The number of carboxylic acids is 1. The van der Waals surface area contributed by atoms with E-state index in [-0.39, 0.29) is 30.8 Å². The first-order chi connectivity index (χ1) is 14.5. The van der Waals surface area contributed by atoms with Crippen LogP contribution in [-0.2, 0) is 28.5 Å². The number of esters is 1. The molecule has 1 rings (SSSR count). The number of unbranched alkanes of at least 4 members (excludes halogenated alkanes) is 1. The molecule has 1 fully saturated rings. The van der Waals surface area contributed by atoms with Crippen molar-refractivity contribution in [2.45, 2.75) is 69.9 Å². The van der Waals surface area contributed by atoms with Gasteiger partial charge in [0.1, 0.15) is 12.6 Å². The van der Waals surface area contributed by atoms with Gasteiger partial charge in [-0.05, 0) is 19.3 Å². The Morgan fingerprint density at radius 2 is 1.87 bits per heavy atom. The highest BCUT2D eigenvalue weighted by Gasteiger charge is 2.38. The summed E-state index contributed by atoms with van der Waals surface area (Å²) in [5.74, 6) is -3.04. The number of ether oxygens (including phenoxy) is 4. The van der Waals surface area contributed by atoms with Gasteiger partial charge in [-0.15, -0.1) is 0 Å². The number of carboxylic acid groups (broad SMARTS) is 1. The van der Waals surface area contributed by atoms with Crippen LogP contribution in [0.1, 0.15) is 45.4 Å². The largest absolute Gasteiger partial charge is 0.490 e. The summed E-state index contributed by atoms with van der Waals surface area (Å²) in [7, 11) is 3.37. The Bertz CT molecular complexity index is 537. The molecule has 182 valence electrons. The lowest BCUT2D eigenvalue weighted by atomic mass is 10.0. The fourth-order valence-electron chi connectivity index (χ4n) is 2.77. The van der Waals surface area contributed by atoms with E-state index < -0.39 is 12.1 Å². The van der Waals surface area contributed by atoms with Crippen molar-refractivity contribution < 1.29 is 46.8 Å². The minimum absolute atomic E-state index is 0.0276. The first kappa shape index (κ1) is 29.1. The van der Waals surface area contributed by atoms with Crippen LogP contribution >= 0.6 is 0 Å². The molecule has 0 aromatic heterocycles. The van der Waals surface area contributed by atoms with Gasteiger partial charge in [-0.2, -0.15) is 13.2 Å². The molecule has 0 aliphatic carbocycles. The summed E-state index contributed by atoms with van der Waals surface area (Å²) in [5.41, 5.74) is 0.747. The number of rotatable bonds is 12. The molecular weight excluding hydrogens is 423 g/mol. The van der Waals surface area contributed by atoms with E-state index in [0.717, 1.165) is 44.4 Å². The highest BCUT2D eigenvalue weighted by molar-refractivity contribution is 5.73. The quantitative estimate of drug-likeness (QED) is 0.431. The van der Waals surface area contributed by atoms with Gasteiger partial charge >= 0.3 is 18.1 Å². The van der Waals surface area contributed by atoms with Gasteiger partial charge < -0.3 is 29.4 Å². The number of methoxy groups -OCH3 is 2. The number of carbonyl (C=O) groups is 2. The lowest BCUT2D eigenvalue weighted by Gasteiger charge is -2.26. The Labute approximate surface area is 181 Å². The molecule has 0 amide bonds. The fourth-order valence-corrected chi connectivity index (χ4v) is 2.77. The van der Waals surface area contributed by atoms with E-state index in [1.165, 1.54) is 0 Å². The molecule has 0 aromatic carbocycles. The third-order valence-corrected chi connectivity index (χ3v) is 4.45. The predicted octanol–water partition coefficient (Wildman–Crippen LogP) is 3.06. The molecule has 0 radical (unpaired) electrons. The van der Waals surface area contributed by atoms with E-state index in [1.807, 2.05) is 0 Å². The zero-order valence-electron chi connectivity index (χ0n) is 18.3. The number of nitrogens with one attached hydrogen (secondary N) is 1. The van der Waals surface area contributed by atoms with Crippen LogP contribution in [0.3, 0.4) is 0 Å². The molecule has 1 saturated heterocycles. The third kappa shape index (κ3) is 13.9. The van der Waals surface area contributed by atoms with Crippen molar-refractivity contribution in [3.05, 3.63) is 12.3 Å². The summed E-state index contributed by atoms with van der Waals surface area (Å²) in [6, 6.07) is 0. The summed E-state index contributed by atoms with van der Waals surface area (Å²) < 4.78 is 53.5. The molecule has 0 saturated carbocycles. The van der Waals surface area contributed by atoms with Crippen molar-refractivity contribution in [1.82, 2.24) is 5.32 Å². The third-order valence-electron chi connectivity index (χ3n) is 4.45. The second-order valence-electron chi connectivity index (χ2n) is 6.98. The average Bonchev–Trinajstić information content (AvgIpc) is 2.72. The molecule has 1 aliphatic rings. The first-order valence-corrected chi connectivity index (χ1v) is 10.1. The minimum atomic E-state index is -5.08. The molecule has 0 spiro atoms. The lowest BCUT2D eigenvalue weighted by Crippen LogP contribution is -2.35. The number of aliphatic carboxylic acids is 1. The summed E-state index contributed by atoms with van der Waals surface area (Å²) in [6.45, 7) is 7.48. The van der Waals surface area contributed by atoms with Crippen LogP contribution in [0.25, 0.3) is 0 Å². The van der Waals surface area contributed by atoms with E-state index in [9.17, 15) is 18.0 Å². The smallest absolute Gasteiger partial charge is 0.475 e. The van der Waals surface area contributed by atoms with Crippen molar-refractivity contribution in [3.8, 4) is 0 Å². The van der Waals surface area contributed by atoms with E-state index >= 15 is 0 Å². The Morgan fingerprint density at radius 1 is 1.26 bits per heavy atom. The van der Waals surface area contributed by atoms with Gasteiger partial charge in [-0.1, -0.05) is 26.3 Å². The summed E-state index contributed by atoms with van der Waals surface area (Å²) in [5, 5.41) is 10.2. The van der Waals surface area contributed by atoms with Gasteiger partial charge in [0.25, 0.3) is 0 Å². The van der Waals surface area contributed by atoms with Gasteiger partial charge in [0.15, 0.2) is 0 Å². The number of hydrogen-bond acceptors (Lipinski definition) is 7. The monoisotopic (exact) mass is 457 g/mol. The first-order valence-electron chi connectivity index (χ1n) is 10.1. The Hall–Kier alpha value is -1.85. The Balaban J connectivity index is 0.00000110. The van der Waals surface area contributed by atoms with Crippen LogP contribution in [0.5, 0.6) is 0 Å². The van der Waals surface area contributed by atoms with Gasteiger partial charge in [0, 0.05) is 32.9 Å². The molecule has 2 N–H and O–H groups in total. The van der Waals surface area contributed by atoms with E-state index in [0.29, 0.717) is 13.0 Å². The van der Waals surface area contributed by atoms with Crippen molar-refractivity contribution >= 4 is 11.9 Å². The summed E-state index contributed by atoms with van der Waals surface area (Å²) in [4.78, 5) is 20.8. The van der Waals surface area contributed by atoms with Crippen LogP contribution < -0.4 is 5.32 Å². The topological polar surface area (TPSA) is 103 Å². The number of halogens is 3. The molecule has 1 heterocycles. The average molecular weight is 457 g/mol. The Kier molecular flexibility index (Phi) is 14.9.